The first kappa shape index (κ1) is 18.2. The van der Waals surface area contributed by atoms with Crippen molar-refractivity contribution in [2.24, 2.45) is 18.0 Å². The third-order valence-corrected chi connectivity index (χ3v) is 4.27. The summed E-state index contributed by atoms with van der Waals surface area (Å²) in [6, 6.07) is 4.20. The molecule has 1 aliphatic carbocycles. The van der Waals surface area contributed by atoms with Crippen LogP contribution in [0.15, 0.2) is 23.3 Å². The van der Waals surface area contributed by atoms with Crippen LogP contribution in [0.2, 0.25) is 0 Å². The van der Waals surface area contributed by atoms with Gasteiger partial charge in [-0.1, -0.05) is 0 Å². The van der Waals surface area contributed by atoms with E-state index in [-0.39, 0.29) is 12.1 Å². The van der Waals surface area contributed by atoms with Crippen molar-refractivity contribution in [3.63, 3.8) is 0 Å². The molecule has 0 bridgehead atoms. The van der Waals surface area contributed by atoms with Crippen LogP contribution in [0.25, 0.3) is 0 Å². The topological polar surface area (TPSA) is 70.9 Å². The Hall–Kier alpha value is -2.18. The van der Waals surface area contributed by atoms with Gasteiger partial charge in [-0.3, -0.25) is 4.99 Å². The van der Waals surface area contributed by atoms with Gasteiger partial charge in [0.05, 0.1) is 19.2 Å². The maximum Gasteiger partial charge on any atom is 0.407 e. The van der Waals surface area contributed by atoms with Crippen molar-refractivity contribution in [2.75, 3.05) is 27.2 Å². The number of aliphatic imine (C=N–C) groups is 1. The highest BCUT2D eigenvalue weighted by molar-refractivity contribution is 5.79. The van der Waals surface area contributed by atoms with Crippen LogP contribution in [0.3, 0.4) is 0 Å². The number of ether oxygens (including phenoxy) is 1. The lowest BCUT2D eigenvalue weighted by atomic mass is 10.2. The SMILES string of the molecule is CCOC(=O)NC(CNC(=NC)N(C)Cc1cccn1C)C1CC1. The van der Waals surface area contributed by atoms with Gasteiger partial charge in [-0.15, -0.1) is 0 Å². The molecule has 24 heavy (non-hydrogen) atoms. The number of hydrogen-bond donors (Lipinski definition) is 2. The molecule has 0 radical (unpaired) electrons. The predicted molar refractivity (Wildman–Crippen MR) is 94.9 cm³/mol. The minimum Gasteiger partial charge on any atom is -0.450 e. The third kappa shape index (κ3) is 5.18. The summed E-state index contributed by atoms with van der Waals surface area (Å²) in [6.45, 7) is 3.61. The molecular weight excluding hydrogens is 306 g/mol. The summed E-state index contributed by atoms with van der Waals surface area (Å²) in [5.41, 5.74) is 1.21. The Morgan fingerprint density at radius 2 is 2.29 bits per heavy atom. The second-order valence-corrected chi connectivity index (χ2v) is 6.20. The zero-order valence-electron chi connectivity index (χ0n) is 15.1. The van der Waals surface area contributed by atoms with E-state index in [1.165, 1.54) is 5.69 Å². The van der Waals surface area contributed by atoms with Gasteiger partial charge in [-0.2, -0.15) is 0 Å². The Bertz CT molecular complexity index is 565. The zero-order chi connectivity index (χ0) is 17.5. The number of alkyl carbamates (subject to hydrolysis) is 1. The Labute approximate surface area is 144 Å². The Morgan fingerprint density at radius 1 is 1.54 bits per heavy atom. The summed E-state index contributed by atoms with van der Waals surface area (Å²) >= 11 is 0. The lowest BCUT2D eigenvalue weighted by Crippen LogP contribution is -2.48. The molecule has 1 atom stereocenters. The molecule has 0 aliphatic heterocycles. The van der Waals surface area contributed by atoms with Gasteiger partial charge in [-0.05, 0) is 37.8 Å². The molecule has 134 valence electrons. The number of amides is 1. The van der Waals surface area contributed by atoms with Crippen molar-refractivity contribution in [3.05, 3.63) is 24.0 Å². The van der Waals surface area contributed by atoms with E-state index in [1.807, 2.05) is 33.3 Å². The molecule has 2 rings (SSSR count). The highest BCUT2D eigenvalue weighted by Gasteiger charge is 2.32. The number of nitrogens with zero attached hydrogens (tertiary/aromatic N) is 3. The number of carbonyl (C=O) groups excluding carboxylic acids is 1. The van der Waals surface area contributed by atoms with Crippen LogP contribution >= 0.6 is 0 Å². The van der Waals surface area contributed by atoms with E-state index in [9.17, 15) is 4.79 Å². The molecule has 0 spiro atoms. The van der Waals surface area contributed by atoms with Gasteiger partial charge in [0.15, 0.2) is 5.96 Å². The van der Waals surface area contributed by atoms with E-state index in [4.69, 9.17) is 4.74 Å². The number of guanidine groups is 1. The molecule has 1 unspecified atom stereocenters. The lowest BCUT2D eigenvalue weighted by Gasteiger charge is -2.25. The van der Waals surface area contributed by atoms with Crippen molar-refractivity contribution >= 4 is 12.1 Å². The molecule has 1 saturated carbocycles. The Kier molecular flexibility index (Phi) is 6.52. The second-order valence-electron chi connectivity index (χ2n) is 6.20. The Morgan fingerprint density at radius 3 is 2.83 bits per heavy atom. The molecule has 1 heterocycles. The monoisotopic (exact) mass is 335 g/mol. The van der Waals surface area contributed by atoms with Gasteiger partial charge in [0.2, 0.25) is 0 Å². The van der Waals surface area contributed by atoms with Gasteiger partial charge in [0, 0.05) is 39.6 Å². The lowest BCUT2D eigenvalue weighted by molar-refractivity contribution is 0.146. The highest BCUT2D eigenvalue weighted by atomic mass is 16.5. The summed E-state index contributed by atoms with van der Waals surface area (Å²) < 4.78 is 7.09. The fourth-order valence-electron chi connectivity index (χ4n) is 2.72. The number of nitrogens with one attached hydrogen (secondary N) is 2. The van der Waals surface area contributed by atoms with Crippen LogP contribution < -0.4 is 10.6 Å². The van der Waals surface area contributed by atoms with Crippen LogP contribution in [0.5, 0.6) is 0 Å². The molecular formula is C17H29N5O2. The fraction of sp³-hybridized carbons (Fsp3) is 0.647. The summed E-state index contributed by atoms with van der Waals surface area (Å²) in [5.74, 6) is 1.34. The van der Waals surface area contributed by atoms with E-state index >= 15 is 0 Å². The quantitative estimate of drug-likeness (QED) is 0.586. The number of rotatable bonds is 7. The van der Waals surface area contributed by atoms with Crippen LogP contribution in [-0.2, 0) is 18.3 Å². The number of carbonyl (C=O) groups is 1. The van der Waals surface area contributed by atoms with Crippen molar-refractivity contribution in [2.45, 2.75) is 32.4 Å². The Balaban J connectivity index is 1.86. The maximum absolute atomic E-state index is 11.7. The number of aromatic nitrogens is 1. The first-order valence-electron chi connectivity index (χ1n) is 8.50. The van der Waals surface area contributed by atoms with Gasteiger partial charge in [0.25, 0.3) is 0 Å². The van der Waals surface area contributed by atoms with Crippen LogP contribution in [-0.4, -0.2) is 54.8 Å². The smallest absolute Gasteiger partial charge is 0.407 e. The van der Waals surface area contributed by atoms with Gasteiger partial charge >= 0.3 is 6.09 Å². The van der Waals surface area contributed by atoms with E-state index in [1.54, 1.807) is 7.05 Å². The van der Waals surface area contributed by atoms with E-state index in [2.05, 4.69) is 31.2 Å². The summed E-state index contributed by atoms with van der Waals surface area (Å²) in [4.78, 5) is 18.1. The first-order valence-corrected chi connectivity index (χ1v) is 8.50. The largest absolute Gasteiger partial charge is 0.450 e. The van der Waals surface area contributed by atoms with Crippen molar-refractivity contribution in [1.82, 2.24) is 20.1 Å². The van der Waals surface area contributed by atoms with E-state index in [0.29, 0.717) is 19.1 Å². The predicted octanol–water partition coefficient (Wildman–Crippen LogP) is 1.56. The number of hydrogen-bond acceptors (Lipinski definition) is 3. The highest BCUT2D eigenvalue weighted by Crippen LogP contribution is 2.32. The third-order valence-electron chi connectivity index (χ3n) is 4.27. The average molecular weight is 335 g/mol. The molecule has 1 aliphatic rings. The molecule has 1 aromatic heterocycles. The van der Waals surface area contributed by atoms with Crippen molar-refractivity contribution in [3.8, 4) is 0 Å². The fourth-order valence-corrected chi connectivity index (χ4v) is 2.72. The molecule has 1 aromatic rings. The second kappa shape index (κ2) is 8.61. The minimum atomic E-state index is -0.344. The van der Waals surface area contributed by atoms with Crippen LogP contribution in [0.4, 0.5) is 4.79 Å². The minimum absolute atomic E-state index is 0.0734. The van der Waals surface area contributed by atoms with Crippen molar-refractivity contribution in [1.29, 1.82) is 0 Å². The number of aryl methyl sites for hydroxylation is 1. The standard InChI is InChI=1S/C17H29N5O2/c1-5-24-17(23)20-15(13-8-9-13)11-19-16(18-2)22(4)12-14-7-6-10-21(14)3/h6-7,10,13,15H,5,8-9,11-12H2,1-4H3,(H,18,19)(H,20,23). The van der Waals surface area contributed by atoms with Gasteiger partial charge in [-0.25, -0.2) is 4.79 Å². The molecule has 0 aromatic carbocycles. The summed E-state index contributed by atoms with van der Waals surface area (Å²) in [7, 11) is 5.81. The molecule has 2 N–H and O–H groups in total. The normalized spacial score (nSPS) is 15.8. The summed E-state index contributed by atoms with van der Waals surface area (Å²) in [6.07, 6.45) is 3.99. The summed E-state index contributed by atoms with van der Waals surface area (Å²) in [5, 5.41) is 6.32. The van der Waals surface area contributed by atoms with Crippen molar-refractivity contribution < 1.29 is 9.53 Å². The average Bonchev–Trinajstić information content (AvgIpc) is 3.31. The molecule has 7 nitrogen and oxygen atoms in total. The van der Waals surface area contributed by atoms with E-state index in [0.717, 1.165) is 25.3 Å². The van der Waals surface area contributed by atoms with Gasteiger partial charge < -0.3 is 24.8 Å². The van der Waals surface area contributed by atoms with Crippen LogP contribution in [0.1, 0.15) is 25.5 Å². The molecule has 1 amide bonds. The maximum atomic E-state index is 11.7. The molecule has 7 heteroatoms. The van der Waals surface area contributed by atoms with Crippen LogP contribution in [0, 0.1) is 5.92 Å². The van der Waals surface area contributed by atoms with E-state index < -0.39 is 0 Å². The van der Waals surface area contributed by atoms with Gasteiger partial charge in [0.1, 0.15) is 0 Å². The molecule has 0 saturated heterocycles. The molecule has 1 fully saturated rings. The zero-order valence-corrected chi connectivity index (χ0v) is 15.1. The first-order chi connectivity index (χ1) is 11.5.